The highest BCUT2D eigenvalue weighted by atomic mass is 16.4. The minimum atomic E-state index is -0.869. The zero-order valence-corrected chi connectivity index (χ0v) is 10.4. The number of nitrogens with one attached hydrogen (secondary N) is 1. The van der Waals surface area contributed by atoms with E-state index in [1.807, 2.05) is 19.1 Å². The van der Waals surface area contributed by atoms with Gasteiger partial charge >= 0.3 is 5.97 Å². The third-order valence-electron chi connectivity index (χ3n) is 2.47. The Morgan fingerprint density at radius 1 is 1.44 bits per heavy atom. The second kappa shape index (κ2) is 7.42. The molecule has 98 valence electrons. The van der Waals surface area contributed by atoms with E-state index >= 15 is 0 Å². The van der Waals surface area contributed by atoms with Crippen molar-refractivity contribution in [3.8, 4) is 0 Å². The highest BCUT2D eigenvalue weighted by Crippen LogP contribution is 2.02. The largest absolute Gasteiger partial charge is 0.481 e. The number of carboxylic acid groups (broad SMARTS) is 1. The Morgan fingerprint density at radius 3 is 2.83 bits per heavy atom. The first-order valence-corrected chi connectivity index (χ1v) is 5.98. The average molecular weight is 250 g/mol. The molecule has 5 nitrogen and oxygen atoms in total. The molecule has 1 amide bonds. The molecular formula is C13H18N2O3. The first-order valence-electron chi connectivity index (χ1n) is 5.98. The number of aliphatic carboxylic acids is 1. The predicted molar refractivity (Wildman–Crippen MR) is 67.0 cm³/mol. The Bertz CT molecular complexity index is 392. The average Bonchev–Trinajstić information content (AvgIpc) is 2.29. The molecule has 0 aromatic carbocycles. The number of nitrogens with zero attached hydrogens (tertiary/aromatic N) is 1. The van der Waals surface area contributed by atoms with Crippen molar-refractivity contribution >= 4 is 11.9 Å². The molecule has 1 rings (SSSR count). The molecule has 1 atom stereocenters. The van der Waals surface area contributed by atoms with Crippen molar-refractivity contribution in [2.45, 2.75) is 38.6 Å². The van der Waals surface area contributed by atoms with E-state index in [9.17, 15) is 9.59 Å². The number of hydrogen-bond acceptors (Lipinski definition) is 3. The summed E-state index contributed by atoms with van der Waals surface area (Å²) in [6, 6.07) is 3.84. The second-order valence-electron chi connectivity index (χ2n) is 4.28. The summed E-state index contributed by atoms with van der Waals surface area (Å²) in [6.07, 6.45) is 4.86. The van der Waals surface area contributed by atoms with Gasteiger partial charge in [-0.1, -0.05) is 6.07 Å². The van der Waals surface area contributed by atoms with Crippen molar-refractivity contribution in [3.63, 3.8) is 0 Å². The van der Waals surface area contributed by atoms with Crippen LogP contribution in [0.5, 0.6) is 0 Å². The lowest BCUT2D eigenvalue weighted by atomic mass is 10.1. The normalized spacial score (nSPS) is 11.8. The van der Waals surface area contributed by atoms with Gasteiger partial charge in [0.1, 0.15) is 0 Å². The number of carbonyl (C=O) groups excluding carboxylic acids is 1. The number of amides is 1. The molecule has 0 bridgehead atoms. The van der Waals surface area contributed by atoms with Gasteiger partial charge in [-0.3, -0.25) is 14.6 Å². The minimum Gasteiger partial charge on any atom is -0.481 e. The highest BCUT2D eigenvalue weighted by Gasteiger charge is 2.08. The van der Waals surface area contributed by atoms with E-state index in [-0.39, 0.29) is 24.8 Å². The molecule has 0 aliphatic heterocycles. The van der Waals surface area contributed by atoms with Crippen LogP contribution in [0.25, 0.3) is 0 Å². The van der Waals surface area contributed by atoms with Crippen LogP contribution in [0.3, 0.4) is 0 Å². The molecule has 0 unspecified atom stereocenters. The van der Waals surface area contributed by atoms with Crippen molar-refractivity contribution < 1.29 is 14.7 Å². The standard InChI is InChI=1S/C13H18N2O3/c1-10(8-11-4-3-7-14-9-11)15-12(16)5-2-6-13(17)18/h3-4,7,9-10H,2,5-6,8H2,1H3,(H,15,16)(H,17,18)/t10-/m0/s1. The number of rotatable bonds is 7. The van der Waals surface area contributed by atoms with Crippen LogP contribution in [0.4, 0.5) is 0 Å². The van der Waals surface area contributed by atoms with Gasteiger partial charge < -0.3 is 10.4 Å². The fourth-order valence-electron chi connectivity index (χ4n) is 1.67. The van der Waals surface area contributed by atoms with E-state index in [1.54, 1.807) is 12.4 Å². The minimum absolute atomic E-state index is 0.0199. The van der Waals surface area contributed by atoms with Gasteiger partial charge in [0.05, 0.1) is 0 Å². The maximum atomic E-state index is 11.5. The molecule has 2 N–H and O–H groups in total. The van der Waals surface area contributed by atoms with Crippen molar-refractivity contribution in [2.24, 2.45) is 0 Å². The van der Waals surface area contributed by atoms with E-state index in [0.29, 0.717) is 6.42 Å². The Hall–Kier alpha value is -1.91. The van der Waals surface area contributed by atoms with Crippen molar-refractivity contribution in [1.29, 1.82) is 0 Å². The van der Waals surface area contributed by atoms with E-state index in [2.05, 4.69) is 10.3 Å². The second-order valence-corrected chi connectivity index (χ2v) is 4.28. The Kier molecular flexibility index (Phi) is 5.84. The maximum absolute atomic E-state index is 11.5. The molecule has 1 aromatic rings. The van der Waals surface area contributed by atoms with Gasteiger partial charge in [0.2, 0.25) is 5.91 Å². The SMILES string of the molecule is C[C@@H](Cc1cccnc1)NC(=O)CCCC(=O)O. The van der Waals surface area contributed by atoms with Crippen LogP contribution in [0.1, 0.15) is 31.7 Å². The molecule has 0 saturated heterocycles. The number of carboxylic acids is 1. The Labute approximate surface area is 106 Å². The van der Waals surface area contributed by atoms with Crippen LogP contribution in [0.15, 0.2) is 24.5 Å². The number of aromatic nitrogens is 1. The van der Waals surface area contributed by atoms with Crippen molar-refractivity contribution in [3.05, 3.63) is 30.1 Å². The summed E-state index contributed by atoms with van der Waals surface area (Å²) in [5.41, 5.74) is 1.07. The topological polar surface area (TPSA) is 79.3 Å². The Balaban J connectivity index is 2.25. The summed E-state index contributed by atoms with van der Waals surface area (Å²) in [7, 11) is 0. The van der Waals surface area contributed by atoms with Gasteiger partial charge in [-0.2, -0.15) is 0 Å². The van der Waals surface area contributed by atoms with Crippen LogP contribution in [-0.4, -0.2) is 28.0 Å². The summed E-state index contributed by atoms with van der Waals surface area (Å²) < 4.78 is 0. The molecule has 1 heterocycles. The van der Waals surface area contributed by atoms with Gasteiger partial charge in [-0.25, -0.2) is 0 Å². The fourth-order valence-corrected chi connectivity index (χ4v) is 1.67. The number of carbonyl (C=O) groups is 2. The maximum Gasteiger partial charge on any atom is 0.303 e. The van der Waals surface area contributed by atoms with Crippen molar-refractivity contribution in [1.82, 2.24) is 10.3 Å². The zero-order valence-electron chi connectivity index (χ0n) is 10.4. The molecule has 0 saturated carbocycles. The van der Waals surface area contributed by atoms with E-state index in [4.69, 9.17) is 5.11 Å². The quantitative estimate of drug-likeness (QED) is 0.766. The molecule has 0 aliphatic rings. The summed E-state index contributed by atoms with van der Waals surface area (Å²) in [4.78, 5) is 25.8. The van der Waals surface area contributed by atoms with E-state index < -0.39 is 5.97 Å². The smallest absolute Gasteiger partial charge is 0.303 e. The van der Waals surface area contributed by atoms with E-state index in [1.165, 1.54) is 0 Å². The van der Waals surface area contributed by atoms with Crippen LogP contribution in [0.2, 0.25) is 0 Å². The van der Waals surface area contributed by atoms with Gasteiger partial charge in [-0.05, 0) is 31.4 Å². The zero-order chi connectivity index (χ0) is 13.4. The predicted octanol–water partition coefficient (Wildman–Crippen LogP) is 1.38. The van der Waals surface area contributed by atoms with Crippen LogP contribution >= 0.6 is 0 Å². The molecule has 0 fully saturated rings. The highest BCUT2D eigenvalue weighted by molar-refractivity contribution is 5.77. The fraction of sp³-hybridized carbons (Fsp3) is 0.462. The number of pyridine rings is 1. The van der Waals surface area contributed by atoms with Crippen LogP contribution < -0.4 is 5.32 Å². The van der Waals surface area contributed by atoms with E-state index in [0.717, 1.165) is 12.0 Å². The van der Waals surface area contributed by atoms with Gasteiger partial charge in [0, 0.05) is 31.3 Å². The van der Waals surface area contributed by atoms with Gasteiger partial charge in [-0.15, -0.1) is 0 Å². The molecule has 5 heteroatoms. The lowest BCUT2D eigenvalue weighted by Crippen LogP contribution is -2.33. The first-order chi connectivity index (χ1) is 8.58. The molecule has 18 heavy (non-hydrogen) atoms. The number of hydrogen-bond donors (Lipinski definition) is 2. The van der Waals surface area contributed by atoms with Crippen LogP contribution in [-0.2, 0) is 16.0 Å². The van der Waals surface area contributed by atoms with Crippen LogP contribution in [0, 0.1) is 0 Å². The third kappa shape index (κ3) is 5.98. The Morgan fingerprint density at radius 2 is 2.22 bits per heavy atom. The lowest BCUT2D eigenvalue weighted by molar-refractivity contribution is -0.137. The van der Waals surface area contributed by atoms with Crippen molar-refractivity contribution in [2.75, 3.05) is 0 Å². The summed E-state index contributed by atoms with van der Waals surface area (Å²) in [5, 5.41) is 11.3. The summed E-state index contributed by atoms with van der Waals surface area (Å²) >= 11 is 0. The molecule has 1 aromatic heterocycles. The monoisotopic (exact) mass is 250 g/mol. The summed E-state index contributed by atoms with van der Waals surface area (Å²) in [6.45, 7) is 1.92. The lowest BCUT2D eigenvalue weighted by Gasteiger charge is -2.13. The molecular weight excluding hydrogens is 232 g/mol. The van der Waals surface area contributed by atoms with Gasteiger partial charge in [0.15, 0.2) is 0 Å². The third-order valence-corrected chi connectivity index (χ3v) is 2.47. The summed E-state index contributed by atoms with van der Waals surface area (Å²) in [5.74, 6) is -0.973. The molecule has 0 aliphatic carbocycles. The molecule has 0 spiro atoms. The molecule has 0 radical (unpaired) electrons. The van der Waals surface area contributed by atoms with Gasteiger partial charge in [0.25, 0.3) is 0 Å². The first kappa shape index (κ1) is 14.2.